The van der Waals surface area contributed by atoms with E-state index >= 15 is 0 Å². The van der Waals surface area contributed by atoms with Crippen molar-refractivity contribution in [3.05, 3.63) is 18.5 Å². The minimum absolute atomic E-state index is 0.213. The topological polar surface area (TPSA) is 71.7 Å². The van der Waals surface area contributed by atoms with Crippen molar-refractivity contribution >= 4 is 17.5 Å². The Balaban J connectivity index is 1.52. The molecule has 2 aliphatic rings. The first-order valence-corrected chi connectivity index (χ1v) is 7.20. The number of rotatable bonds is 1. The van der Waals surface area contributed by atoms with Crippen LogP contribution in [0.15, 0.2) is 18.5 Å². The van der Waals surface area contributed by atoms with Crippen molar-refractivity contribution < 1.29 is 9.53 Å². The number of amides is 1. The fourth-order valence-corrected chi connectivity index (χ4v) is 3.04. The zero-order valence-corrected chi connectivity index (χ0v) is 12.8. The standard InChI is InChI=1S/C15H22N4O2/c1-14(2,3)21-13(20)19-9-15(10-19)7-18(8-15)12-4-5-17-6-11(12)16/h4-6H,7-10,16H2,1-3H3. The Hall–Kier alpha value is -1.98. The number of hydrogen-bond acceptors (Lipinski definition) is 5. The van der Waals surface area contributed by atoms with Crippen LogP contribution in [0.2, 0.25) is 0 Å². The second-order valence-corrected chi connectivity index (χ2v) is 7.13. The second kappa shape index (κ2) is 4.51. The van der Waals surface area contributed by atoms with Gasteiger partial charge in [0.25, 0.3) is 0 Å². The molecule has 0 unspecified atom stereocenters. The van der Waals surface area contributed by atoms with E-state index in [0.29, 0.717) is 5.69 Å². The summed E-state index contributed by atoms with van der Waals surface area (Å²) in [7, 11) is 0. The third-order valence-electron chi connectivity index (χ3n) is 3.93. The first-order chi connectivity index (χ1) is 9.78. The molecule has 3 heterocycles. The fourth-order valence-electron chi connectivity index (χ4n) is 3.04. The highest BCUT2D eigenvalue weighted by Gasteiger charge is 2.54. The van der Waals surface area contributed by atoms with Crippen LogP contribution >= 0.6 is 0 Å². The predicted octanol–water partition coefficient (Wildman–Crippen LogP) is 1.72. The minimum atomic E-state index is -0.434. The van der Waals surface area contributed by atoms with Gasteiger partial charge in [-0.3, -0.25) is 4.98 Å². The lowest BCUT2D eigenvalue weighted by Gasteiger charge is -2.60. The highest BCUT2D eigenvalue weighted by Crippen LogP contribution is 2.43. The molecule has 114 valence electrons. The highest BCUT2D eigenvalue weighted by atomic mass is 16.6. The van der Waals surface area contributed by atoms with Crippen LogP contribution in [-0.2, 0) is 4.74 Å². The molecule has 1 spiro atoms. The summed E-state index contributed by atoms with van der Waals surface area (Å²) in [6.45, 7) is 9.06. The van der Waals surface area contributed by atoms with Crippen molar-refractivity contribution in [2.45, 2.75) is 26.4 Å². The summed E-state index contributed by atoms with van der Waals surface area (Å²) in [4.78, 5) is 20.0. The van der Waals surface area contributed by atoms with Gasteiger partial charge in [0.05, 0.1) is 17.6 Å². The molecular formula is C15H22N4O2. The number of likely N-dealkylation sites (tertiary alicyclic amines) is 1. The average Bonchev–Trinajstić information content (AvgIpc) is 2.25. The summed E-state index contributed by atoms with van der Waals surface area (Å²) in [6.07, 6.45) is 3.22. The maximum Gasteiger partial charge on any atom is 0.410 e. The van der Waals surface area contributed by atoms with Crippen LogP contribution in [-0.4, -0.2) is 47.8 Å². The number of carbonyl (C=O) groups is 1. The van der Waals surface area contributed by atoms with Gasteiger partial charge in [0.15, 0.2) is 0 Å². The van der Waals surface area contributed by atoms with Gasteiger partial charge < -0.3 is 20.3 Å². The van der Waals surface area contributed by atoms with Gasteiger partial charge in [0.2, 0.25) is 0 Å². The Kier molecular flexibility index (Phi) is 3.00. The molecule has 0 atom stereocenters. The molecule has 21 heavy (non-hydrogen) atoms. The molecule has 0 saturated carbocycles. The van der Waals surface area contributed by atoms with E-state index in [0.717, 1.165) is 31.9 Å². The van der Waals surface area contributed by atoms with Gasteiger partial charge in [-0.15, -0.1) is 0 Å². The lowest BCUT2D eigenvalue weighted by atomic mass is 9.73. The van der Waals surface area contributed by atoms with Gasteiger partial charge in [0.1, 0.15) is 5.60 Å². The van der Waals surface area contributed by atoms with E-state index in [4.69, 9.17) is 10.5 Å². The average molecular weight is 290 g/mol. The molecule has 1 amide bonds. The van der Waals surface area contributed by atoms with Crippen molar-refractivity contribution in [2.75, 3.05) is 36.8 Å². The second-order valence-electron chi connectivity index (χ2n) is 7.13. The van der Waals surface area contributed by atoms with Crippen LogP contribution in [0.4, 0.5) is 16.2 Å². The van der Waals surface area contributed by atoms with E-state index in [2.05, 4.69) is 9.88 Å². The Morgan fingerprint density at radius 2 is 2.00 bits per heavy atom. The van der Waals surface area contributed by atoms with Crippen molar-refractivity contribution in [1.29, 1.82) is 0 Å². The lowest BCUT2D eigenvalue weighted by Crippen LogP contribution is -2.73. The number of nitrogens with zero attached hydrogens (tertiary/aromatic N) is 3. The Labute approximate surface area is 124 Å². The van der Waals surface area contributed by atoms with Gasteiger partial charge in [-0.05, 0) is 26.8 Å². The normalized spacial score (nSPS) is 20.0. The SMILES string of the molecule is CC(C)(C)OC(=O)N1CC2(C1)CN(c1ccncc1N)C2. The van der Waals surface area contributed by atoms with Gasteiger partial charge in [-0.25, -0.2) is 4.79 Å². The molecule has 2 N–H and O–H groups in total. The first kappa shape index (κ1) is 14.0. The number of ether oxygens (including phenoxy) is 1. The van der Waals surface area contributed by atoms with Crippen molar-refractivity contribution in [3.8, 4) is 0 Å². The van der Waals surface area contributed by atoms with E-state index < -0.39 is 5.60 Å². The van der Waals surface area contributed by atoms with Crippen molar-refractivity contribution in [3.63, 3.8) is 0 Å². The van der Waals surface area contributed by atoms with Crippen LogP contribution in [0.5, 0.6) is 0 Å². The van der Waals surface area contributed by atoms with Crippen LogP contribution in [0.3, 0.4) is 0 Å². The zero-order chi connectivity index (χ0) is 15.3. The van der Waals surface area contributed by atoms with Gasteiger partial charge in [-0.1, -0.05) is 0 Å². The minimum Gasteiger partial charge on any atom is -0.444 e. The lowest BCUT2D eigenvalue weighted by molar-refractivity contribution is -0.0452. The monoisotopic (exact) mass is 290 g/mol. The molecule has 6 heteroatoms. The molecule has 0 aliphatic carbocycles. The fraction of sp³-hybridized carbons (Fsp3) is 0.600. The van der Waals surface area contributed by atoms with Crippen molar-refractivity contribution in [2.24, 2.45) is 5.41 Å². The number of carbonyl (C=O) groups excluding carboxylic acids is 1. The number of nitrogens with two attached hydrogens (primary N) is 1. The number of nitrogen functional groups attached to an aromatic ring is 1. The summed E-state index contributed by atoms with van der Waals surface area (Å²) in [5.74, 6) is 0. The van der Waals surface area contributed by atoms with Crippen LogP contribution in [0, 0.1) is 5.41 Å². The molecule has 2 aliphatic heterocycles. The predicted molar refractivity (Wildman–Crippen MR) is 81.1 cm³/mol. The van der Waals surface area contributed by atoms with E-state index in [-0.39, 0.29) is 11.5 Å². The van der Waals surface area contributed by atoms with Crippen LogP contribution in [0.1, 0.15) is 20.8 Å². The highest BCUT2D eigenvalue weighted by molar-refractivity contribution is 5.71. The Bertz CT molecular complexity index is 553. The first-order valence-electron chi connectivity index (χ1n) is 7.20. The molecule has 1 aromatic rings. The van der Waals surface area contributed by atoms with E-state index in [1.54, 1.807) is 17.3 Å². The summed E-state index contributed by atoms with van der Waals surface area (Å²) in [5, 5.41) is 0. The van der Waals surface area contributed by atoms with Crippen LogP contribution in [0.25, 0.3) is 0 Å². The number of hydrogen-bond donors (Lipinski definition) is 1. The summed E-state index contributed by atoms with van der Waals surface area (Å²) in [5.41, 5.74) is 7.45. The molecule has 6 nitrogen and oxygen atoms in total. The molecule has 0 bridgehead atoms. The quantitative estimate of drug-likeness (QED) is 0.852. The Morgan fingerprint density at radius 1 is 1.33 bits per heavy atom. The number of aromatic nitrogens is 1. The third kappa shape index (κ3) is 2.62. The maximum atomic E-state index is 11.9. The molecule has 3 rings (SSSR count). The summed E-state index contributed by atoms with van der Waals surface area (Å²) in [6, 6.07) is 1.94. The zero-order valence-electron chi connectivity index (χ0n) is 12.8. The third-order valence-corrected chi connectivity index (χ3v) is 3.93. The van der Waals surface area contributed by atoms with Gasteiger partial charge in [0, 0.05) is 37.8 Å². The van der Waals surface area contributed by atoms with E-state index in [9.17, 15) is 4.79 Å². The van der Waals surface area contributed by atoms with Crippen molar-refractivity contribution in [1.82, 2.24) is 9.88 Å². The maximum absolute atomic E-state index is 11.9. The smallest absolute Gasteiger partial charge is 0.410 e. The van der Waals surface area contributed by atoms with E-state index in [1.165, 1.54) is 0 Å². The summed E-state index contributed by atoms with van der Waals surface area (Å²) < 4.78 is 5.38. The number of anilines is 2. The van der Waals surface area contributed by atoms with Gasteiger partial charge in [-0.2, -0.15) is 0 Å². The summed E-state index contributed by atoms with van der Waals surface area (Å²) >= 11 is 0. The molecule has 2 fully saturated rings. The Morgan fingerprint density at radius 3 is 2.57 bits per heavy atom. The largest absolute Gasteiger partial charge is 0.444 e. The molecule has 0 aromatic carbocycles. The van der Waals surface area contributed by atoms with Gasteiger partial charge >= 0.3 is 6.09 Å². The van der Waals surface area contributed by atoms with Crippen LogP contribution < -0.4 is 10.6 Å². The molecule has 1 aromatic heterocycles. The molecule has 2 saturated heterocycles. The number of pyridine rings is 1. The molecular weight excluding hydrogens is 268 g/mol. The molecule has 0 radical (unpaired) electrons. The van der Waals surface area contributed by atoms with E-state index in [1.807, 2.05) is 26.8 Å².